The Morgan fingerprint density at radius 1 is 0.947 bits per heavy atom. The van der Waals surface area contributed by atoms with Crippen molar-refractivity contribution >= 4 is 35.5 Å². The van der Waals surface area contributed by atoms with E-state index in [1.165, 1.54) is 16.8 Å². The number of carbonyl (C=O) groups excluding carboxylic acids is 5. The van der Waals surface area contributed by atoms with Crippen molar-refractivity contribution < 1.29 is 43.3 Å². The summed E-state index contributed by atoms with van der Waals surface area (Å²) in [7, 11) is 4.64. The summed E-state index contributed by atoms with van der Waals surface area (Å²) in [5, 5.41) is 14.0. The SMILES string of the molecule is CC[C@H](C)[C@H]1C(=O)N2CCC[C@H]2C(=O)O[C@H](C(C)C)CCC[C@H](O)[C@H](C)C2=N[C@@H](/C=C(\C)C(=O)N[C@@H](Cc3ccc(OC)cc3)C(=O)N(C)[C@@H](C)C(=O)N1C)CO2. The number of esters is 1. The molecule has 3 heterocycles. The molecular formula is C43H65N5O9. The number of aliphatic imine (C=N–C) groups is 1. The molecular weight excluding hydrogens is 730 g/mol. The summed E-state index contributed by atoms with van der Waals surface area (Å²) in [6.45, 7) is 13.4. The fraction of sp³-hybridized carbons (Fsp3) is 0.674. The maximum absolute atomic E-state index is 14.5. The summed E-state index contributed by atoms with van der Waals surface area (Å²) < 4.78 is 17.3. The van der Waals surface area contributed by atoms with Gasteiger partial charge in [0.1, 0.15) is 48.7 Å². The van der Waals surface area contributed by atoms with Crippen LogP contribution in [0.3, 0.4) is 0 Å². The van der Waals surface area contributed by atoms with E-state index in [4.69, 9.17) is 14.2 Å². The number of methoxy groups -OCH3 is 1. The fourth-order valence-corrected chi connectivity index (χ4v) is 7.77. The van der Waals surface area contributed by atoms with Crippen LogP contribution < -0.4 is 10.1 Å². The smallest absolute Gasteiger partial charge is 0.329 e. The van der Waals surface area contributed by atoms with Crippen molar-refractivity contribution in [2.45, 2.75) is 136 Å². The highest BCUT2D eigenvalue weighted by atomic mass is 16.5. The highest BCUT2D eigenvalue weighted by Gasteiger charge is 2.44. The first-order chi connectivity index (χ1) is 27.0. The summed E-state index contributed by atoms with van der Waals surface area (Å²) in [5.41, 5.74) is 1.09. The zero-order valence-electron chi connectivity index (χ0n) is 35.5. The van der Waals surface area contributed by atoms with Crippen LogP contribution in [0.1, 0.15) is 92.6 Å². The Morgan fingerprint density at radius 3 is 2.26 bits per heavy atom. The van der Waals surface area contributed by atoms with Crippen molar-refractivity contribution in [1.82, 2.24) is 20.0 Å². The van der Waals surface area contributed by atoms with E-state index in [-0.39, 0.29) is 30.8 Å². The summed E-state index contributed by atoms with van der Waals surface area (Å²) in [6.07, 6.45) is 3.80. The minimum absolute atomic E-state index is 0.000785. The lowest BCUT2D eigenvalue weighted by molar-refractivity contribution is -0.163. The van der Waals surface area contributed by atoms with Crippen molar-refractivity contribution in [3.05, 3.63) is 41.5 Å². The van der Waals surface area contributed by atoms with Crippen molar-refractivity contribution in [3.63, 3.8) is 0 Å². The lowest BCUT2D eigenvalue weighted by Crippen LogP contribution is -2.59. The van der Waals surface area contributed by atoms with Gasteiger partial charge >= 0.3 is 5.97 Å². The molecule has 57 heavy (non-hydrogen) atoms. The van der Waals surface area contributed by atoms with E-state index in [1.807, 2.05) is 46.8 Å². The number of amides is 4. The zero-order chi connectivity index (χ0) is 42.1. The van der Waals surface area contributed by atoms with Gasteiger partial charge in [0.25, 0.3) is 0 Å². The van der Waals surface area contributed by atoms with Crippen LogP contribution in [0.4, 0.5) is 0 Å². The van der Waals surface area contributed by atoms with Crippen LogP contribution in [0.2, 0.25) is 0 Å². The largest absolute Gasteiger partial charge is 0.497 e. The van der Waals surface area contributed by atoms with E-state index in [0.717, 1.165) is 5.56 Å². The number of benzene rings is 1. The maximum Gasteiger partial charge on any atom is 0.329 e. The Morgan fingerprint density at radius 2 is 1.63 bits per heavy atom. The lowest BCUT2D eigenvalue weighted by atomic mass is 9.95. The van der Waals surface area contributed by atoms with Crippen LogP contribution >= 0.6 is 0 Å². The number of cyclic esters (lactones) is 1. The van der Waals surface area contributed by atoms with Gasteiger partial charge in [-0.2, -0.15) is 0 Å². The van der Waals surface area contributed by atoms with Gasteiger partial charge in [0.2, 0.25) is 23.6 Å². The number of rotatable bonds is 6. The Labute approximate surface area is 338 Å². The molecule has 2 bridgehead atoms. The quantitative estimate of drug-likeness (QED) is 0.406. The minimum Gasteiger partial charge on any atom is -0.497 e. The molecule has 4 amide bonds. The van der Waals surface area contributed by atoms with Gasteiger partial charge in [-0.05, 0) is 81.6 Å². The van der Waals surface area contributed by atoms with Crippen LogP contribution in [0.5, 0.6) is 5.75 Å². The number of likely N-dealkylation sites (N-methyl/N-ethyl adjacent to an activating group) is 2. The van der Waals surface area contributed by atoms with Gasteiger partial charge in [-0.25, -0.2) is 9.79 Å². The second kappa shape index (κ2) is 20.3. The zero-order valence-corrected chi connectivity index (χ0v) is 35.5. The van der Waals surface area contributed by atoms with Gasteiger partial charge in [0.05, 0.1) is 19.1 Å². The van der Waals surface area contributed by atoms with Crippen LogP contribution in [-0.4, -0.2) is 132 Å². The van der Waals surface area contributed by atoms with Gasteiger partial charge in [0, 0.05) is 32.6 Å². The Bertz CT molecular complexity index is 1650. The van der Waals surface area contributed by atoms with E-state index < -0.39 is 72.0 Å². The van der Waals surface area contributed by atoms with Gasteiger partial charge in [0.15, 0.2) is 5.90 Å². The lowest BCUT2D eigenvalue weighted by Gasteiger charge is -2.38. The summed E-state index contributed by atoms with van der Waals surface area (Å²) in [6, 6.07) is 2.95. The van der Waals surface area contributed by atoms with E-state index >= 15 is 0 Å². The number of nitrogens with zero attached hydrogens (tertiary/aromatic N) is 4. The summed E-state index contributed by atoms with van der Waals surface area (Å²) in [5.74, 6) is -1.87. The molecule has 1 saturated heterocycles. The van der Waals surface area contributed by atoms with E-state index in [2.05, 4.69) is 10.3 Å². The van der Waals surface area contributed by atoms with Gasteiger partial charge < -0.3 is 39.3 Å². The molecule has 3 aliphatic rings. The van der Waals surface area contributed by atoms with Crippen molar-refractivity contribution in [3.8, 4) is 5.75 Å². The normalized spacial score (nSPS) is 30.7. The van der Waals surface area contributed by atoms with Crippen LogP contribution in [0.15, 0.2) is 40.9 Å². The van der Waals surface area contributed by atoms with E-state index in [1.54, 1.807) is 51.1 Å². The molecule has 2 N–H and O–H groups in total. The minimum atomic E-state index is -1.05. The highest BCUT2D eigenvalue weighted by Crippen LogP contribution is 2.28. The molecule has 1 fully saturated rings. The first-order valence-corrected chi connectivity index (χ1v) is 20.5. The number of ether oxygens (including phenoxy) is 3. The molecule has 14 heteroatoms. The average molecular weight is 796 g/mol. The van der Waals surface area contributed by atoms with Crippen molar-refractivity contribution in [1.29, 1.82) is 0 Å². The number of hydrogen-bond acceptors (Lipinski definition) is 10. The first-order valence-electron chi connectivity index (χ1n) is 20.5. The third-order valence-electron chi connectivity index (χ3n) is 12.0. The monoisotopic (exact) mass is 795 g/mol. The standard InChI is InChI=1S/C43H65N5O9/c1-11-26(4)37-42(53)48-21-13-14-34(48)43(54)57-36(25(2)3)16-12-15-35(49)28(6)39-44-31(24-56-39)22-27(5)38(50)45-33(23-30-17-19-32(55-10)20-18-30)41(52)46(8)29(7)40(51)47(37)9/h17-20,22,25-26,28-29,31,33-37,49H,11-16,21,23-24H2,1-10H3,(H,45,50)/b27-22+/t26-,28-,29-,31-,33-,34-,35-,36-,37-/m0/s1. The van der Waals surface area contributed by atoms with Crippen molar-refractivity contribution in [2.24, 2.45) is 22.7 Å². The fourth-order valence-electron chi connectivity index (χ4n) is 7.77. The number of aliphatic hydroxyl groups excluding tert-OH is 1. The molecule has 14 nitrogen and oxygen atoms in total. The molecule has 0 saturated carbocycles. The Kier molecular flexibility index (Phi) is 16.1. The van der Waals surface area contributed by atoms with E-state index in [9.17, 15) is 29.1 Å². The molecule has 1 aromatic carbocycles. The molecule has 0 aliphatic carbocycles. The van der Waals surface area contributed by atoms with Crippen LogP contribution in [0, 0.1) is 17.8 Å². The predicted molar refractivity (Wildman–Crippen MR) is 216 cm³/mol. The number of fused-ring (bicyclic) bond motifs is 2. The number of nitrogens with one attached hydrogen (secondary N) is 1. The number of hydrogen-bond donors (Lipinski definition) is 2. The predicted octanol–water partition coefficient (Wildman–Crippen LogP) is 3.93. The van der Waals surface area contributed by atoms with Crippen LogP contribution in [0.25, 0.3) is 0 Å². The molecule has 4 rings (SSSR count). The summed E-state index contributed by atoms with van der Waals surface area (Å²) in [4.78, 5) is 79.5. The molecule has 1 aromatic rings. The van der Waals surface area contributed by atoms with Gasteiger partial charge in [-0.15, -0.1) is 0 Å². The molecule has 3 aliphatic heterocycles. The summed E-state index contributed by atoms with van der Waals surface area (Å²) >= 11 is 0. The molecule has 0 radical (unpaired) electrons. The molecule has 9 atom stereocenters. The number of aliphatic hydroxyl groups is 1. The molecule has 0 unspecified atom stereocenters. The third kappa shape index (κ3) is 11.1. The topological polar surface area (TPSA) is 167 Å². The van der Waals surface area contributed by atoms with Gasteiger partial charge in [-0.1, -0.05) is 53.2 Å². The molecule has 0 aromatic heterocycles. The Balaban J connectivity index is 1.71. The molecule has 316 valence electrons. The highest BCUT2D eigenvalue weighted by molar-refractivity contribution is 5.98. The molecule has 0 spiro atoms. The second-order valence-electron chi connectivity index (χ2n) is 16.4. The Hall–Kier alpha value is -4.46. The van der Waals surface area contributed by atoms with Crippen molar-refractivity contribution in [2.75, 3.05) is 34.4 Å². The van der Waals surface area contributed by atoms with Gasteiger partial charge in [-0.3, -0.25) is 19.2 Å². The third-order valence-corrected chi connectivity index (χ3v) is 12.0. The first kappa shape index (κ1) is 45.2. The maximum atomic E-state index is 14.5. The number of carbonyl (C=O) groups is 5. The van der Waals surface area contributed by atoms with E-state index in [0.29, 0.717) is 62.3 Å². The van der Waals surface area contributed by atoms with Crippen LogP contribution in [-0.2, 0) is 39.9 Å². The average Bonchev–Trinajstić information content (AvgIpc) is 3.89. The second-order valence-corrected chi connectivity index (χ2v) is 16.4.